The number of H-pyrrole nitrogens is 1. The summed E-state index contributed by atoms with van der Waals surface area (Å²) in [7, 11) is 1.25. The van der Waals surface area contributed by atoms with Gasteiger partial charge in [0, 0.05) is 6.54 Å². The molecule has 0 unspecified atom stereocenters. The largest absolute Gasteiger partial charge is 0.469 e. The standard InChI is InChI=1S/C12H13N3O3/c1-18-12(17)5-11(16)13-6-8-2-3-9-10(4-8)15-7-14-9/h2-4,7H,5-6H2,1H3,(H,13,16)(H,14,15). The van der Waals surface area contributed by atoms with Crippen molar-refractivity contribution in [2.24, 2.45) is 0 Å². The molecule has 1 amide bonds. The average molecular weight is 247 g/mol. The highest BCUT2D eigenvalue weighted by atomic mass is 16.5. The maximum absolute atomic E-state index is 11.4. The predicted molar refractivity (Wildman–Crippen MR) is 64.6 cm³/mol. The molecule has 6 nitrogen and oxygen atoms in total. The molecular formula is C12H13N3O3. The summed E-state index contributed by atoms with van der Waals surface area (Å²) in [5.74, 6) is -0.900. The van der Waals surface area contributed by atoms with Gasteiger partial charge in [-0.1, -0.05) is 6.07 Å². The van der Waals surface area contributed by atoms with Crippen LogP contribution in [0.2, 0.25) is 0 Å². The van der Waals surface area contributed by atoms with E-state index >= 15 is 0 Å². The van der Waals surface area contributed by atoms with Crippen LogP contribution in [0.5, 0.6) is 0 Å². The molecule has 18 heavy (non-hydrogen) atoms. The molecule has 0 fully saturated rings. The van der Waals surface area contributed by atoms with Crippen molar-refractivity contribution in [3.05, 3.63) is 30.1 Å². The second kappa shape index (κ2) is 5.31. The average Bonchev–Trinajstić information content (AvgIpc) is 2.83. The van der Waals surface area contributed by atoms with Gasteiger partial charge in [-0.3, -0.25) is 9.59 Å². The molecule has 0 aliphatic heterocycles. The summed E-state index contributed by atoms with van der Waals surface area (Å²) >= 11 is 0. The van der Waals surface area contributed by atoms with Crippen molar-refractivity contribution < 1.29 is 14.3 Å². The highest BCUT2D eigenvalue weighted by Crippen LogP contribution is 2.11. The zero-order chi connectivity index (χ0) is 13.0. The molecule has 2 rings (SSSR count). The molecule has 0 saturated heterocycles. The van der Waals surface area contributed by atoms with E-state index in [9.17, 15) is 9.59 Å². The van der Waals surface area contributed by atoms with Crippen LogP contribution >= 0.6 is 0 Å². The van der Waals surface area contributed by atoms with Crippen LogP contribution in [-0.2, 0) is 20.9 Å². The second-order valence-corrected chi connectivity index (χ2v) is 3.78. The van der Waals surface area contributed by atoms with Crippen LogP contribution in [-0.4, -0.2) is 29.0 Å². The van der Waals surface area contributed by atoms with E-state index in [0.717, 1.165) is 16.6 Å². The summed E-state index contributed by atoms with van der Waals surface area (Å²) in [4.78, 5) is 29.3. The molecule has 0 saturated carbocycles. The van der Waals surface area contributed by atoms with Gasteiger partial charge in [-0.25, -0.2) is 4.98 Å². The van der Waals surface area contributed by atoms with Gasteiger partial charge in [0.25, 0.3) is 0 Å². The molecule has 0 radical (unpaired) electrons. The molecule has 0 spiro atoms. The highest BCUT2D eigenvalue weighted by Gasteiger charge is 2.08. The lowest BCUT2D eigenvalue weighted by molar-refractivity contribution is -0.143. The monoisotopic (exact) mass is 247 g/mol. The Morgan fingerprint density at radius 2 is 2.28 bits per heavy atom. The summed E-state index contributed by atoms with van der Waals surface area (Å²) in [6, 6.07) is 5.65. The number of hydrogen-bond acceptors (Lipinski definition) is 4. The summed E-state index contributed by atoms with van der Waals surface area (Å²) in [5.41, 5.74) is 2.72. The SMILES string of the molecule is COC(=O)CC(=O)NCc1ccc2nc[nH]c2c1. The molecule has 1 aromatic carbocycles. The van der Waals surface area contributed by atoms with Gasteiger partial charge in [0.1, 0.15) is 6.42 Å². The van der Waals surface area contributed by atoms with Crippen LogP contribution in [0.15, 0.2) is 24.5 Å². The Morgan fingerprint density at radius 3 is 3.06 bits per heavy atom. The Kier molecular flexibility index (Phi) is 3.57. The van der Waals surface area contributed by atoms with Crippen molar-refractivity contribution in [1.29, 1.82) is 0 Å². The fourth-order valence-electron chi connectivity index (χ4n) is 1.56. The summed E-state index contributed by atoms with van der Waals surface area (Å²) < 4.78 is 4.41. The van der Waals surface area contributed by atoms with Crippen LogP contribution in [0.4, 0.5) is 0 Å². The van der Waals surface area contributed by atoms with Gasteiger partial charge in [0.05, 0.1) is 24.5 Å². The van der Waals surface area contributed by atoms with Crippen LogP contribution in [0.3, 0.4) is 0 Å². The minimum Gasteiger partial charge on any atom is -0.469 e. The Bertz CT molecular complexity index is 577. The number of aromatic amines is 1. The van der Waals surface area contributed by atoms with E-state index in [1.807, 2.05) is 18.2 Å². The van der Waals surface area contributed by atoms with Gasteiger partial charge in [0.2, 0.25) is 5.91 Å². The van der Waals surface area contributed by atoms with Crippen molar-refractivity contribution in [2.75, 3.05) is 7.11 Å². The first-order valence-electron chi connectivity index (χ1n) is 5.44. The highest BCUT2D eigenvalue weighted by molar-refractivity contribution is 5.94. The van der Waals surface area contributed by atoms with Gasteiger partial charge in [-0.15, -0.1) is 0 Å². The van der Waals surface area contributed by atoms with Crippen LogP contribution in [0.25, 0.3) is 11.0 Å². The zero-order valence-electron chi connectivity index (χ0n) is 9.90. The molecule has 2 aromatic rings. The number of nitrogens with zero attached hydrogens (tertiary/aromatic N) is 1. The third kappa shape index (κ3) is 2.85. The molecular weight excluding hydrogens is 234 g/mol. The summed E-state index contributed by atoms with van der Waals surface area (Å²) in [6.07, 6.45) is 1.35. The van der Waals surface area contributed by atoms with Crippen molar-refractivity contribution in [2.45, 2.75) is 13.0 Å². The topological polar surface area (TPSA) is 84.1 Å². The van der Waals surface area contributed by atoms with Gasteiger partial charge >= 0.3 is 5.97 Å². The maximum Gasteiger partial charge on any atom is 0.315 e. The molecule has 6 heteroatoms. The number of carbonyl (C=O) groups is 2. The number of amides is 1. The van der Waals surface area contributed by atoms with Crippen LogP contribution in [0.1, 0.15) is 12.0 Å². The Labute approximate surface area is 103 Å². The molecule has 94 valence electrons. The first kappa shape index (κ1) is 12.1. The minimum absolute atomic E-state index is 0.261. The van der Waals surface area contributed by atoms with E-state index in [0.29, 0.717) is 6.54 Å². The number of carbonyl (C=O) groups excluding carboxylic acids is 2. The lowest BCUT2D eigenvalue weighted by atomic mass is 10.2. The van der Waals surface area contributed by atoms with Gasteiger partial charge in [0.15, 0.2) is 0 Å². The molecule has 0 bridgehead atoms. The maximum atomic E-state index is 11.4. The first-order chi connectivity index (χ1) is 8.69. The van der Waals surface area contributed by atoms with E-state index in [1.54, 1.807) is 6.33 Å². The van der Waals surface area contributed by atoms with Crippen LogP contribution in [0, 0.1) is 0 Å². The molecule has 2 N–H and O–H groups in total. The van der Waals surface area contributed by atoms with E-state index < -0.39 is 5.97 Å². The second-order valence-electron chi connectivity index (χ2n) is 3.78. The number of imidazole rings is 1. The first-order valence-corrected chi connectivity index (χ1v) is 5.44. The summed E-state index contributed by atoms with van der Waals surface area (Å²) in [6.45, 7) is 0.366. The van der Waals surface area contributed by atoms with Gasteiger partial charge in [-0.05, 0) is 17.7 Å². The number of aromatic nitrogens is 2. The van der Waals surface area contributed by atoms with E-state index in [1.165, 1.54) is 7.11 Å². The van der Waals surface area contributed by atoms with E-state index in [-0.39, 0.29) is 12.3 Å². The normalized spacial score (nSPS) is 10.3. The van der Waals surface area contributed by atoms with Gasteiger partial charge in [-0.2, -0.15) is 0 Å². The number of esters is 1. The van der Waals surface area contributed by atoms with E-state index in [2.05, 4.69) is 20.0 Å². The number of methoxy groups -OCH3 is 1. The fourth-order valence-corrected chi connectivity index (χ4v) is 1.56. The number of hydrogen-bond donors (Lipinski definition) is 2. The van der Waals surface area contributed by atoms with Crippen LogP contribution < -0.4 is 5.32 Å². The number of nitrogens with one attached hydrogen (secondary N) is 2. The fraction of sp³-hybridized carbons (Fsp3) is 0.250. The quantitative estimate of drug-likeness (QED) is 0.616. The lowest BCUT2D eigenvalue weighted by Crippen LogP contribution is -2.25. The third-order valence-corrected chi connectivity index (χ3v) is 2.51. The van der Waals surface area contributed by atoms with E-state index in [4.69, 9.17) is 0 Å². The Morgan fingerprint density at radius 1 is 1.44 bits per heavy atom. The van der Waals surface area contributed by atoms with Gasteiger partial charge < -0.3 is 15.0 Å². The Hall–Kier alpha value is -2.37. The van der Waals surface area contributed by atoms with Crippen molar-refractivity contribution >= 4 is 22.9 Å². The Balaban J connectivity index is 1.93. The number of ether oxygens (including phenoxy) is 1. The zero-order valence-corrected chi connectivity index (χ0v) is 9.90. The molecule has 1 heterocycles. The van der Waals surface area contributed by atoms with Crippen molar-refractivity contribution in [3.8, 4) is 0 Å². The third-order valence-electron chi connectivity index (χ3n) is 2.51. The molecule has 0 aliphatic rings. The number of fused-ring (bicyclic) bond motifs is 1. The summed E-state index contributed by atoms with van der Waals surface area (Å²) in [5, 5.41) is 2.65. The smallest absolute Gasteiger partial charge is 0.315 e. The number of rotatable bonds is 4. The van der Waals surface area contributed by atoms with Crippen molar-refractivity contribution in [1.82, 2.24) is 15.3 Å². The molecule has 1 aromatic heterocycles. The predicted octanol–water partition coefficient (Wildman–Crippen LogP) is 0.742. The number of benzene rings is 1. The molecule has 0 atom stereocenters. The lowest BCUT2D eigenvalue weighted by Gasteiger charge is -2.04. The van der Waals surface area contributed by atoms with Crippen molar-refractivity contribution in [3.63, 3.8) is 0 Å². The minimum atomic E-state index is -0.545. The molecule has 0 aliphatic carbocycles.